The van der Waals surface area contributed by atoms with Crippen molar-refractivity contribution in [3.63, 3.8) is 0 Å². The van der Waals surface area contributed by atoms with Gasteiger partial charge in [-0.25, -0.2) is 0 Å². The van der Waals surface area contributed by atoms with Crippen LogP contribution in [0.3, 0.4) is 0 Å². The maximum absolute atomic E-state index is 4.00. The first-order chi connectivity index (χ1) is 12.3. The standard InChI is InChI=1S/C24H23N/c1-4-9-22(6-3)25(23-15-12-19(5-2)13-16-23)24-17-14-20-10-7-8-11-21(20)18-24/h4-15,17-18,23H,1-3,16H2/b22-9+. The van der Waals surface area contributed by atoms with Crippen molar-refractivity contribution in [1.82, 2.24) is 0 Å². The van der Waals surface area contributed by atoms with E-state index in [0.717, 1.165) is 17.8 Å². The zero-order valence-electron chi connectivity index (χ0n) is 14.4. The van der Waals surface area contributed by atoms with Gasteiger partial charge in [-0.05, 0) is 47.1 Å². The Morgan fingerprint density at radius 2 is 1.84 bits per heavy atom. The summed E-state index contributed by atoms with van der Waals surface area (Å²) in [5, 5.41) is 2.47. The number of rotatable bonds is 6. The minimum absolute atomic E-state index is 0.231. The Labute approximate surface area is 150 Å². The van der Waals surface area contributed by atoms with Crippen LogP contribution in [-0.2, 0) is 0 Å². The summed E-state index contributed by atoms with van der Waals surface area (Å²) in [5.74, 6) is 0. The van der Waals surface area contributed by atoms with E-state index in [9.17, 15) is 0 Å². The van der Waals surface area contributed by atoms with Crippen LogP contribution in [0.4, 0.5) is 5.69 Å². The van der Waals surface area contributed by atoms with Crippen molar-refractivity contribution in [2.45, 2.75) is 12.5 Å². The number of hydrogen-bond acceptors (Lipinski definition) is 1. The van der Waals surface area contributed by atoms with Gasteiger partial charge in [0, 0.05) is 11.4 Å². The maximum Gasteiger partial charge on any atom is 0.0560 e. The van der Waals surface area contributed by atoms with E-state index in [0.29, 0.717) is 0 Å². The van der Waals surface area contributed by atoms with Gasteiger partial charge in [-0.2, -0.15) is 0 Å². The molecule has 0 radical (unpaired) electrons. The second kappa shape index (κ2) is 7.67. The summed E-state index contributed by atoms with van der Waals surface area (Å²) in [4.78, 5) is 2.31. The summed E-state index contributed by atoms with van der Waals surface area (Å²) in [7, 11) is 0. The largest absolute Gasteiger partial charge is 0.334 e. The fourth-order valence-corrected chi connectivity index (χ4v) is 3.19. The summed E-state index contributed by atoms with van der Waals surface area (Å²) in [5.41, 5.74) is 3.36. The SMILES string of the molecule is C=C/C=C(\C=C)N(c1ccc2ccccc2c1)C1C=CC(C=C)=CC1. The molecule has 1 heteroatoms. The Morgan fingerprint density at radius 3 is 2.48 bits per heavy atom. The third-order valence-corrected chi connectivity index (χ3v) is 4.46. The number of hydrogen-bond donors (Lipinski definition) is 0. The highest BCUT2D eigenvalue weighted by molar-refractivity contribution is 5.86. The Balaban J connectivity index is 2.06. The first-order valence-corrected chi connectivity index (χ1v) is 8.51. The van der Waals surface area contributed by atoms with E-state index >= 15 is 0 Å². The molecule has 0 bridgehead atoms. The summed E-state index contributed by atoms with van der Waals surface area (Å²) in [6.07, 6.45) is 15.1. The molecule has 1 nitrogen and oxygen atoms in total. The van der Waals surface area contributed by atoms with Gasteiger partial charge in [0.25, 0.3) is 0 Å². The molecule has 1 atom stereocenters. The molecule has 0 heterocycles. The highest BCUT2D eigenvalue weighted by Crippen LogP contribution is 2.30. The highest BCUT2D eigenvalue weighted by Gasteiger charge is 2.20. The molecule has 2 aromatic rings. The zero-order chi connectivity index (χ0) is 17.6. The Morgan fingerprint density at radius 1 is 1.04 bits per heavy atom. The quantitative estimate of drug-likeness (QED) is 0.560. The fourth-order valence-electron chi connectivity index (χ4n) is 3.19. The summed E-state index contributed by atoms with van der Waals surface area (Å²) in [6, 6.07) is 15.2. The van der Waals surface area contributed by atoms with Crippen LogP contribution < -0.4 is 4.90 Å². The maximum atomic E-state index is 4.00. The van der Waals surface area contributed by atoms with E-state index in [2.05, 4.69) is 85.3 Å². The van der Waals surface area contributed by atoms with Gasteiger partial charge in [0.2, 0.25) is 0 Å². The lowest BCUT2D eigenvalue weighted by Gasteiger charge is -2.34. The molecule has 1 aliphatic carbocycles. The number of anilines is 1. The van der Waals surface area contributed by atoms with Crippen LogP contribution in [0.25, 0.3) is 10.8 Å². The molecule has 0 aliphatic heterocycles. The van der Waals surface area contributed by atoms with Crippen molar-refractivity contribution >= 4 is 16.5 Å². The molecular weight excluding hydrogens is 302 g/mol. The number of fused-ring (bicyclic) bond motifs is 1. The molecule has 0 saturated heterocycles. The van der Waals surface area contributed by atoms with Crippen molar-refractivity contribution in [1.29, 1.82) is 0 Å². The number of benzene rings is 2. The summed E-state index contributed by atoms with van der Waals surface area (Å²) >= 11 is 0. The van der Waals surface area contributed by atoms with E-state index < -0.39 is 0 Å². The van der Waals surface area contributed by atoms with Gasteiger partial charge in [0.05, 0.1) is 6.04 Å². The lowest BCUT2D eigenvalue weighted by atomic mass is 9.99. The zero-order valence-corrected chi connectivity index (χ0v) is 14.4. The number of allylic oxidation sites excluding steroid dienone is 6. The Bertz CT molecular complexity index is 895. The first kappa shape index (κ1) is 16.8. The minimum atomic E-state index is 0.231. The lowest BCUT2D eigenvalue weighted by molar-refractivity contribution is 0.760. The molecule has 124 valence electrons. The van der Waals surface area contributed by atoms with Gasteiger partial charge >= 0.3 is 0 Å². The van der Waals surface area contributed by atoms with Gasteiger partial charge in [-0.15, -0.1) is 0 Å². The average Bonchev–Trinajstić information content (AvgIpc) is 2.68. The summed E-state index contributed by atoms with van der Waals surface area (Å²) in [6.45, 7) is 11.7. The van der Waals surface area contributed by atoms with E-state index in [4.69, 9.17) is 0 Å². The van der Waals surface area contributed by atoms with Crippen LogP contribution in [0.1, 0.15) is 6.42 Å². The van der Waals surface area contributed by atoms with Gasteiger partial charge < -0.3 is 4.90 Å². The second-order valence-corrected chi connectivity index (χ2v) is 6.00. The van der Waals surface area contributed by atoms with Crippen LogP contribution in [0, 0.1) is 0 Å². The Hall–Kier alpha value is -3.06. The van der Waals surface area contributed by atoms with Crippen LogP contribution in [0.5, 0.6) is 0 Å². The molecule has 2 aromatic carbocycles. The van der Waals surface area contributed by atoms with Gasteiger partial charge in [0.1, 0.15) is 0 Å². The lowest BCUT2D eigenvalue weighted by Crippen LogP contribution is -2.33. The van der Waals surface area contributed by atoms with Crippen LogP contribution >= 0.6 is 0 Å². The normalized spacial score (nSPS) is 17.0. The van der Waals surface area contributed by atoms with Gasteiger partial charge in [-0.1, -0.05) is 80.4 Å². The highest BCUT2D eigenvalue weighted by atomic mass is 15.2. The van der Waals surface area contributed by atoms with Crippen molar-refractivity contribution in [2.24, 2.45) is 0 Å². The van der Waals surface area contributed by atoms with Crippen molar-refractivity contribution < 1.29 is 0 Å². The number of nitrogens with zero attached hydrogens (tertiary/aromatic N) is 1. The topological polar surface area (TPSA) is 3.24 Å². The molecule has 0 amide bonds. The molecule has 1 aliphatic rings. The van der Waals surface area contributed by atoms with Crippen molar-refractivity contribution in [3.8, 4) is 0 Å². The predicted octanol–water partition coefficient (Wildman–Crippen LogP) is 6.34. The van der Waals surface area contributed by atoms with E-state index in [-0.39, 0.29) is 6.04 Å². The molecule has 0 fully saturated rings. The first-order valence-electron chi connectivity index (χ1n) is 8.51. The third kappa shape index (κ3) is 3.56. The fraction of sp³-hybridized carbons (Fsp3) is 0.0833. The average molecular weight is 325 g/mol. The third-order valence-electron chi connectivity index (χ3n) is 4.46. The summed E-state index contributed by atoms with van der Waals surface area (Å²) < 4.78 is 0. The molecular formula is C24H23N. The second-order valence-electron chi connectivity index (χ2n) is 6.00. The molecule has 0 N–H and O–H groups in total. The van der Waals surface area contributed by atoms with Crippen molar-refractivity contribution in [3.05, 3.63) is 116 Å². The molecule has 1 unspecified atom stereocenters. The van der Waals surface area contributed by atoms with E-state index in [1.807, 2.05) is 24.3 Å². The predicted molar refractivity (Wildman–Crippen MR) is 111 cm³/mol. The van der Waals surface area contributed by atoms with E-state index in [1.54, 1.807) is 0 Å². The van der Waals surface area contributed by atoms with Crippen LogP contribution in [-0.4, -0.2) is 6.04 Å². The van der Waals surface area contributed by atoms with Gasteiger partial charge in [0.15, 0.2) is 0 Å². The minimum Gasteiger partial charge on any atom is -0.334 e. The Kier molecular flexibility index (Phi) is 5.15. The van der Waals surface area contributed by atoms with Crippen LogP contribution in [0.2, 0.25) is 0 Å². The van der Waals surface area contributed by atoms with Crippen LogP contribution in [0.15, 0.2) is 116 Å². The molecule has 0 aromatic heterocycles. The molecule has 0 saturated carbocycles. The monoisotopic (exact) mass is 325 g/mol. The van der Waals surface area contributed by atoms with E-state index in [1.165, 1.54) is 16.3 Å². The molecule has 0 spiro atoms. The molecule has 3 rings (SSSR count). The smallest absolute Gasteiger partial charge is 0.0560 e. The van der Waals surface area contributed by atoms with Crippen molar-refractivity contribution in [2.75, 3.05) is 4.90 Å². The van der Waals surface area contributed by atoms with Gasteiger partial charge in [-0.3, -0.25) is 0 Å². The molecule has 25 heavy (non-hydrogen) atoms.